The van der Waals surface area contributed by atoms with Crippen molar-refractivity contribution >= 4 is 28.6 Å². The molecule has 4 heteroatoms. The highest BCUT2D eigenvalue weighted by atomic mass is 35.5. The molecule has 0 bridgehead atoms. The SMILES string of the molecule is CCC1=C(c2ccc(Cl)cc2)NNC1c1cccs1. The molecule has 0 saturated heterocycles. The van der Waals surface area contributed by atoms with Crippen LogP contribution in [0, 0.1) is 0 Å². The predicted octanol–water partition coefficient (Wildman–Crippen LogP) is 4.37. The zero-order chi connectivity index (χ0) is 13.2. The zero-order valence-corrected chi connectivity index (χ0v) is 12.2. The topological polar surface area (TPSA) is 24.1 Å². The number of thiophene rings is 1. The minimum absolute atomic E-state index is 0.274. The van der Waals surface area contributed by atoms with Crippen molar-refractivity contribution in [1.82, 2.24) is 10.9 Å². The van der Waals surface area contributed by atoms with Gasteiger partial charge in [-0.25, -0.2) is 5.43 Å². The highest BCUT2D eigenvalue weighted by Crippen LogP contribution is 2.35. The first-order valence-electron chi connectivity index (χ1n) is 6.33. The number of hydrazine groups is 1. The maximum atomic E-state index is 5.95. The Hall–Kier alpha value is -1.29. The zero-order valence-electron chi connectivity index (χ0n) is 10.6. The van der Waals surface area contributed by atoms with E-state index in [9.17, 15) is 0 Å². The molecule has 19 heavy (non-hydrogen) atoms. The summed E-state index contributed by atoms with van der Waals surface area (Å²) in [5.41, 5.74) is 10.4. The van der Waals surface area contributed by atoms with E-state index in [-0.39, 0.29) is 6.04 Å². The molecule has 1 unspecified atom stereocenters. The molecule has 0 fully saturated rings. The van der Waals surface area contributed by atoms with Gasteiger partial charge in [-0.05, 0) is 41.1 Å². The van der Waals surface area contributed by atoms with Crippen molar-refractivity contribution in [2.75, 3.05) is 0 Å². The Bertz CT molecular complexity index is 587. The first-order valence-corrected chi connectivity index (χ1v) is 7.59. The van der Waals surface area contributed by atoms with Gasteiger partial charge in [0.1, 0.15) is 0 Å². The van der Waals surface area contributed by atoms with Gasteiger partial charge in [0.25, 0.3) is 0 Å². The fourth-order valence-corrected chi connectivity index (χ4v) is 3.34. The second kappa shape index (κ2) is 5.37. The van der Waals surface area contributed by atoms with E-state index in [4.69, 9.17) is 11.6 Å². The molecule has 1 aliphatic heterocycles. The lowest BCUT2D eigenvalue weighted by Crippen LogP contribution is -2.26. The van der Waals surface area contributed by atoms with Crippen molar-refractivity contribution in [3.8, 4) is 0 Å². The smallest absolute Gasteiger partial charge is 0.0835 e. The molecule has 0 amide bonds. The van der Waals surface area contributed by atoms with Gasteiger partial charge in [-0.2, -0.15) is 0 Å². The Labute approximate surface area is 122 Å². The van der Waals surface area contributed by atoms with Crippen molar-refractivity contribution in [2.45, 2.75) is 19.4 Å². The first kappa shape index (κ1) is 12.7. The summed E-state index contributed by atoms with van der Waals surface area (Å²) in [4.78, 5) is 1.34. The average molecular weight is 291 g/mol. The van der Waals surface area contributed by atoms with Gasteiger partial charge < -0.3 is 5.43 Å². The minimum atomic E-state index is 0.274. The van der Waals surface area contributed by atoms with Gasteiger partial charge in [0.15, 0.2) is 0 Å². The standard InChI is InChI=1S/C15H15ClN2S/c1-2-12-14(10-5-7-11(16)8-6-10)17-18-15(12)13-4-3-9-19-13/h3-9,15,17-18H,2H2,1H3. The van der Waals surface area contributed by atoms with E-state index < -0.39 is 0 Å². The molecule has 1 atom stereocenters. The van der Waals surface area contributed by atoms with Gasteiger partial charge in [-0.15, -0.1) is 11.3 Å². The minimum Gasteiger partial charge on any atom is -0.320 e. The lowest BCUT2D eigenvalue weighted by Gasteiger charge is -2.10. The molecule has 2 heterocycles. The Balaban J connectivity index is 1.99. The van der Waals surface area contributed by atoms with E-state index in [1.807, 2.05) is 12.1 Å². The summed E-state index contributed by atoms with van der Waals surface area (Å²) < 4.78 is 0. The van der Waals surface area contributed by atoms with Gasteiger partial charge >= 0.3 is 0 Å². The van der Waals surface area contributed by atoms with Crippen LogP contribution in [0.5, 0.6) is 0 Å². The van der Waals surface area contributed by atoms with E-state index in [0.717, 1.165) is 11.4 Å². The fourth-order valence-electron chi connectivity index (χ4n) is 2.41. The molecule has 1 aromatic heterocycles. The van der Waals surface area contributed by atoms with Crippen LogP contribution in [0.4, 0.5) is 0 Å². The van der Waals surface area contributed by atoms with Crippen molar-refractivity contribution in [2.24, 2.45) is 0 Å². The van der Waals surface area contributed by atoms with Crippen LogP contribution in [0.25, 0.3) is 5.70 Å². The van der Waals surface area contributed by atoms with Crippen molar-refractivity contribution in [1.29, 1.82) is 0 Å². The summed E-state index contributed by atoms with van der Waals surface area (Å²) in [5, 5.41) is 2.88. The summed E-state index contributed by atoms with van der Waals surface area (Å²) in [6.07, 6.45) is 1.01. The van der Waals surface area contributed by atoms with Gasteiger partial charge in [-0.1, -0.05) is 36.7 Å². The lowest BCUT2D eigenvalue weighted by molar-refractivity contribution is 0.601. The molecule has 2 aromatic rings. The molecule has 0 saturated carbocycles. The van der Waals surface area contributed by atoms with Crippen LogP contribution < -0.4 is 10.9 Å². The summed E-state index contributed by atoms with van der Waals surface area (Å²) in [6, 6.07) is 12.5. The highest BCUT2D eigenvalue weighted by Gasteiger charge is 2.26. The van der Waals surface area contributed by atoms with Gasteiger partial charge in [0.05, 0.1) is 11.7 Å². The second-order valence-electron chi connectivity index (χ2n) is 4.48. The van der Waals surface area contributed by atoms with Crippen molar-refractivity contribution < 1.29 is 0 Å². The average Bonchev–Trinajstić information content (AvgIpc) is 3.08. The maximum Gasteiger partial charge on any atom is 0.0835 e. The van der Waals surface area contributed by atoms with Gasteiger partial charge in [-0.3, -0.25) is 0 Å². The summed E-state index contributed by atoms with van der Waals surface area (Å²) in [7, 11) is 0. The molecule has 0 aliphatic carbocycles. The van der Waals surface area contributed by atoms with E-state index >= 15 is 0 Å². The van der Waals surface area contributed by atoms with E-state index in [0.29, 0.717) is 0 Å². The van der Waals surface area contributed by atoms with E-state index in [1.54, 1.807) is 11.3 Å². The Morgan fingerprint density at radius 2 is 2.00 bits per heavy atom. The summed E-state index contributed by atoms with van der Waals surface area (Å²) >= 11 is 7.73. The van der Waals surface area contributed by atoms with Crippen molar-refractivity contribution in [3.05, 3.63) is 62.8 Å². The number of rotatable bonds is 3. The third-order valence-corrected chi connectivity index (χ3v) is 4.54. The predicted molar refractivity (Wildman–Crippen MR) is 82.0 cm³/mol. The third kappa shape index (κ3) is 2.41. The molecular weight excluding hydrogens is 276 g/mol. The molecule has 1 aliphatic rings. The Morgan fingerprint density at radius 3 is 2.63 bits per heavy atom. The third-order valence-electron chi connectivity index (χ3n) is 3.35. The molecule has 0 radical (unpaired) electrons. The lowest BCUT2D eigenvalue weighted by atomic mass is 9.99. The molecule has 2 N–H and O–H groups in total. The van der Waals surface area contributed by atoms with E-state index in [2.05, 4.69) is 47.4 Å². The van der Waals surface area contributed by atoms with Crippen LogP contribution in [0.1, 0.15) is 29.8 Å². The van der Waals surface area contributed by atoms with Crippen LogP contribution >= 0.6 is 22.9 Å². The monoisotopic (exact) mass is 290 g/mol. The first-order chi connectivity index (χ1) is 9.29. The Morgan fingerprint density at radius 1 is 1.21 bits per heavy atom. The number of hydrogen-bond acceptors (Lipinski definition) is 3. The quantitative estimate of drug-likeness (QED) is 0.877. The molecule has 2 nitrogen and oxygen atoms in total. The van der Waals surface area contributed by atoms with Crippen LogP contribution in [0.3, 0.4) is 0 Å². The molecule has 0 spiro atoms. The van der Waals surface area contributed by atoms with Crippen molar-refractivity contribution in [3.63, 3.8) is 0 Å². The van der Waals surface area contributed by atoms with Gasteiger partial charge in [0, 0.05) is 9.90 Å². The van der Waals surface area contributed by atoms with E-state index in [1.165, 1.54) is 21.7 Å². The normalized spacial score (nSPS) is 18.7. The summed E-state index contributed by atoms with van der Waals surface area (Å²) in [5.74, 6) is 0. The largest absolute Gasteiger partial charge is 0.320 e. The van der Waals surface area contributed by atoms with Crippen LogP contribution in [0.2, 0.25) is 5.02 Å². The maximum absolute atomic E-state index is 5.95. The molecular formula is C15H15ClN2S. The second-order valence-corrected chi connectivity index (χ2v) is 5.89. The van der Waals surface area contributed by atoms with Crippen LogP contribution in [0.15, 0.2) is 47.4 Å². The number of nitrogens with one attached hydrogen (secondary N) is 2. The highest BCUT2D eigenvalue weighted by molar-refractivity contribution is 7.10. The number of halogens is 1. The molecule has 3 rings (SSSR count). The molecule has 1 aromatic carbocycles. The summed E-state index contributed by atoms with van der Waals surface area (Å²) in [6.45, 7) is 2.19. The number of benzene rings is 1. The number of hydrogen-bond donors (Lipinski definition) is 2. The fraction of sp³-hybridized carbons (Fsp3) is 0.200. The molecule has 98 valence electrons. The van der Waals surface area contributed by atoms with Crippen LogP contribution in [-0.4, -0.2) is 0 Å². The van der Waals surface area contributed by atoms with Gasteiger partial charge in [0.2, 0.25) is 0 Å². The Kier molecular flexibility index (Phi) is 3.60. The van der Waals surface area contributed by atoms with Crippen LogP contribution in [-0.2, 0) is 0 Å².